The zero-order chi connectivity index (χ0) is 15.2. The van der Waals surface area contributed by atoms with Gasteiger partial charge in [-0.15, -0.1) is 0 Å². The molecule has 0 radical (unpaired) electrons. The minimum atomic E-state index is 0.754. The molecular weight excluding hydrogens is 280 g/mol. The number of aromatic nitrogens is 2. The molecular formula is C21H20N2. The summed E-state index contributed by atoms with van der Waals surface area (Å²) in [4.78, 5) is 4.95. The maximum atomic E-state index is 4.95. The highest BCUT2D eigenvalue weighted by molar-refractivity contribution is 5.93. The molecule has 1 aliphatic heterocycles. The summed E-state index contributed by atoms with van der Waals surface area (Å²) >= 11 is 0. The summed E-state index contributed by atoms with van der Waals surface area (Å²) in [5, 5.41) is 0. The van der Waals surface area contributed by atoms with Gasteiger partial charge in [0, 0.05) is 17.7 Å². The zero-order valence-corrected chi connectivity index (χ0v) is 13.2. The summed E-state index contributed by atoms with van der Waals surface area (Å²) in [5.41, 5.74) is 6.64. The van der Waals surface area contributed by atoms with Gasteiger partial charge in [0.1, 0.15) is 5.82 Å². The van der Waals surface area contributed by atoms with Crippen LogP contribution < -0.4 is 0 Å². The van der Waals surface area contributed by atoms with Crippen molar-refractivity contribution in [3.8, 4) is 11.4 Å². The lowest BCUT2D eigenvalue weighted by Crippen LogP contribution is -2.09. The third-order valence-electron chi connectivity index (χ3n) is 5.40. The quantitative estimate of drug-likeness (QED) is 0.628. The summed E-state index contributed by atoms with van der Waals surface area (Å²) in [5.74, 6) is 1.85. The van der Waals surface area contributed by atoms with Crippen molar-refractivity contribution in [3.63, 3.8) is 0 Å². The number of hydrogen-bond acceptors (Lipinski definition) is 1. The van der Waals surface area contributed by atoms with Crippen LogP contribution in [0.2, 0.25) is 0 Å². The lowest BCUT2D eigenvalue weighted by Gasteiger charge is -2.22. The molecule has 0 bridgehead atoms. The fourth-order valence-corrected chi connectivity index (χ4v) is 4.33. The van der Waals surface area contributed by atoms with Crippen LogP contribution in [-0.4, -0.2) is 9.55 Å². The third kappa shape index (κ3) is 1.98. The van der Waals surface area contributed by atoms with E-state index in [1.165, 1.54) is 42.3 Å². The van der Waals surface area contributed by atoms with Crippen molar-refractivity contribution < 1.29 is 0 Å². The van der Waals surface area contributed by atoms with Crippen LogP contribution in [0.15, 0.2) is 54.6 Å². The van der Waals surface area contributed by atoms with E-state index in [0.29, 0.717) is 0 Å². The van der Waals surface area contributed by atoms with Gasteiger partial charge in [-0.25, -0.2) is 4.98 Å². The van der Waals surface area contributed by atoms with Crippen LogP contribution in [0.1, 0.15) is 31.2 Å². The largest absolute Gasteiger partial charge is 0.320 e. The molecule has 0 unspecified atom stereocenters. The molecule has 1 aliphatic carbocycles. The van der Waals surface area contributed by atoms with E-state index in [1.54, 1.807) is 5.57 Å². The predicted octanol–water partition coefficient (Wildman–Crippen LogP) is 5.29. The van der Waals surface area contributed by atoms with Gasteiger partial charge in [0.15, 0.2) is 0 Å². The molecule has 0 atom stereocenters. The van der Waals surface area contributed by atoms with Gasteiger partial charge in [0.2, 0.25) is 0 Å². The van der Waals surface area contributed by atoms with E-state index in [0.717, 1.165) is 23.8 Å². The minimum Gasteiger partial charge on any atom is -0.320 e. The smallest absolute Gasteiger partial charge is 0.141 e. The van der Waals surface area contributed by atoms with Gasteiger partial charge in [-0.1, -0.05) is 61.4 Å². The van der Waals surface area contributed by atoms with Crippen LogP contribution in [-0.2, 0) is 6.54 Å². The van der Waals surface area contributed by atoms with Crippen molar-refractivity contribution in [1.29, 1.82) is 0 Å². The van der Waals surface area contributed by atoms with E-state index in [9.17, 15) is 0 Å². The first-order valence-electron chi connectivity index (χ1n) is 8.67. The van der Waals surface area contributed by atoms with Gasteiger partial charge in [0.25, 0.3) is 0 Å². The molecule has 2 nitrogen and oxygen atoms in total. The summed E-state index contributed by atoms with van der Waals surface area (Å²) in [6, 6.07) is 17.2. The Morgan fingerprint density at radius 1 is 0.913 bits per heavy atom. The summed E-state index contributed by atoms with van der Waals surface area (Å²) in [7, 11) is 0. The summed E-state index contributed by atoms with van der Waals surface area (Å²) in [6.07, 6.45) is 7.91. The van der Waals surface area contributed by atoms with E-state index in [-0.39, 0.29) is 0 Å². The molecule has 2 heterocycles. The van der Waals surface area contributed by atoms with Gasteiger partial charge < -0.3 is 4.57 Å². The maximum Gasteiger partial charge on any atom is 0.141 e. The Labute approximate surface area is 136 Å². The van der Waals surface area contributed by atoms with Gasteiger partial charge in [0.05, 0.1) is 11.0 Å². The van der Waals surface area contributed by atoms with Crippen molar-refractivity contribution in [2.24, 2.45) is 5.92 Å². The molecule has 5 rings (SSSR count). The van der Waals surface area contributed by atoms with Crippen molar-refractivity contribution in [2.45, 2.75) is 32.2 Å². The molecule has 1 aromatic heterocycles. The van der Waals surface area contributed by atoms with Gasteiger partial charge in [-0.3, -0.25) is 0 Å². The van der Waals surface area contributed by atoms with Gasteiger partial charge >= 0.3 is 0 Å². The molecule has 2 heteroatoms. The Morgan fingerprint density at radius 3 is 2.57 bits per heavy atom. The van der Waals surface area contributed by atoms with E-state index in [2.05, 4.69) is 59.2 Å². The second-order valence-corrected chi connectivity index (χ2v) is 6.73. The highest BCUT2D eigenvalue weighted by Gasteiger charge is 2.26. The highest BCUT2D eigenvalue weighted by Crippen LogP contribution is 2.42. The number of para-hydroxylation sites is 1. The molecule has 0 amide bonds. The molecule has 0 N–H and O–H groups in total. The van der Waals surface area contributed by atoms with Gasteiger partial charge in [-0.05, 0) is 30.4 Å². The fourth-order valence-electron chi connectivity index (χ4n) is 4.33. The van der Waals surface area contributed by atoms with Gasteiger partial charge in [-0.2, -0.15) is 0 Å². The fraction of sp³-hybridized carbons (Fsp3) is 0.286. The average Bonchev–Trinajstić information content (AvgIpc) is 3.26. The predicted molar refractivity (Wildman–Crippen MR) is 95.1 cm³/mol. The van der Waals surface area contributed by atoms with E-state index >= 15 is 0 Å². The lowest BCUT2D eigenvalue weighted by atomic mass is 9.88. The van der Waals surface area contributed by atoms with Crippen LogP contribution in [0.4, 0.5) is 0 Å². The number of imidazole rings is 1. The van der Waals surface area contributed by atoms with Crippen molar-refractivity contribution >= 4 is 16.6 Å². The molecule has 1 fully saturated rings. The lowest BCUT2D eigenvalue weighted by molar-refractivity contribution is 0.696. The van der Waals surface area contributed by atoms with E-state index in [1.807, 2.05) is 0 Å². The van der Waals surface area contributed by atoms with Crippen LogP contribution in [0.3, 0.4) is 0 Å². The zero-order valence-electron chi connectivity index (χ0n) is 13.2. The second-order valence-electron chi connectivity index (χ2n) is 6.73. The second kappa shape index (κ2) is 5.09. The molecule has 23 heavy (non-hydrogen) atoms. The number of benzene rings is 2. The first-order valence-corrected chi connectivity index (χ1v) is 8.67. The Bertz CT molecular complexity index is 896. The highest BCUT2D eigenvalue weighted by atomic mass is 15.1. The topological polar surface area (TPSA) is 17.8 Å². The van der Waals surface area contributed by atoms with Crippen LogP contribution in [0, 0.1) is 5.92 Å². The van der Waals surface area contributed by atoms with E-state index in [4.69, 9.17) is 4.98 Å². The number of allylic oxidation sites excluding steroid dienone is 2. The Balaban J connectivity index is 1.71. The van der Waals surface area contributed by atoms with E-state index < -0.39 is 0 Å². The average molecular weight is 300 g/mol. The van der Waals surface area contributed by atoms with Crippen molar-refractivity contribution in [3.05, 3.63) is 60.2 Å². The monoisotopic (exact) mass is 300 g/mol. The molecule has 2 aromatic carbocycles. The number of hydrogen-bond donors (Lipinski definition) is 0. The first kappa shape index (κ1) is 13.1. The Morgan fingerprint density at radius 2 is 1.74 bits per heavy atom. The first-order chi connectivity index (χ1) is 11.4. The van der Waals surface area contributed by atoms with Crippen LogP contribution in [0.5, 0.6) is 0 Å². The van der Waals surface area contributed by atoms with Crippen molar-refractivity contribution in [1.82, 2.24) is 9.55 Å². The maximum absolute atomic E-state index is 4.95. The molecule has 3 aromatic rings. The Hall–Kier alpha value is -2.35. The summed E-state index contributed by atoms with van der Waals surface area (Å²) in [6.45, 7) is 0.948. The molecule has 0 spiro atoms. The molecule has 0 saturated heterocycles. The van der Waals surface area contributed by atoms with Crippen LogP contribution in [0.25, 0.3) is 28.0 Å². The number of nitrogens with zero attached hydrogens (tertiary/aromatic N) is 2. The standard InChI is InChI=1S/C21H20N2/c1-2-9-16(10-3-1)21-22-19-12-6-11-18-17(15-7-4-5-8-15)13-14-23(21)20(18)19/h1-3,6,9-13,15H,4-5,7-8,14H2. The normalized spacial score (nSPS) is 17.7. The molecule has 2 aliphatic rings. The summed E-state index contributed by atoms with van der Waals surface area (Å²) < 4.78 is 2.39. The number of rotatable bonds is 2. The molecule has 1 saturated carbocycles. The Kier molecular flexibility index (Phi) is 2.90. The minimum absolute atomic E-state index is 0.754. The molecule has 114 valence electrons. The third-order valence-corrected chi connectivity index (χ3v) is 5.40. The van der Waals surface area contributed by atoms with Crippen LogP contribution >= 0.6 is 0 Å². The van der Waals surface area contributed by atoms with Crippen molar-refractivity contribution in [2.75, 3.05) is 0 Å². The SMILES string of the molecule is C1=C(C2CCCC2)c2cccc3nc(-c4ccccc4)n(c23)C1.